The molecule has 4 heterocycles. The van der Waals surface area contributed by atoms with Crippen LogP contribution in [-0.4, -0.2) is 86.7 Å². The molecule has 3 amide bonds. The van der Waals surface area contributed by atoms with Gasteiger partial charge in [-0.1, -0.05) is 30.3 Å². The molecule has 1 N–H and O–H groups in total. The highest BCUT2D eigenvalue weighted by Gasteiger charge is 2.62. The molecule has 2 bridgehead atoms. The van der Waals surface area contributed by atoms with Gasteiger partial charge in [0.05, 0.1) is 23.2 Å². The van der Waals surface area contributed by atoms with Gasteiger partial charge in [0.25, 0.3) is 5.91 Å². The number of fused-ring (bicyclic) bond motifs is 3. The predicted molar refractivity (Wildman–Crippen MR) is 132 cm³/mol. The Morgan fingerprint density at radius 2 is 1.78 bits per heavy atom. The molecular formula is C27H33N5O4. The Kier molecular flexibility index (Phi) is 5.18. The molecule has 2 aromatic rings. The summed E-state index contributed by atoms with van der Waals surface area (Å²) in [5.41, 5.74) is 1.12. The van der Waals surface area contributed by atoms with E-state index in [1.165, 1.54) is 0 Å². The highest BCUT2D eigenvalue weighted by atomic mass is 16.6. The second-order valence-electron chi connectivity index (χ2n) is 11.7. The standard InChI is InChI=1S/C27H33N5O4/c1-26(2,3)36-25(35)30-13-18-9-10-27(18,16-30)24(34)32-15-19-11-20(32)14-31(19)23(33)22-12-21(28-29-22)17-7-5-4-6-8-17/h4-8,12,18-20H,9-11,13-16H2,1-3H3,(H,28,29)/t18?,19-,20-,27?/m0/s1. The lowest BCUT2D eigenvalue weighted by Gasteiger charge is -2.46. The second-order valence-corrected chi connectivity index (χ2v) is 11.7. The quantitative estimate of drug-likeness (QED) is 0.711. The first-order chi connectivity index (χ1) is 17.1. The van der Waals surface area contributed by atoms with Crippen molar-refractivity contribution in [3.05, 3.63) is 42.1 Å². The number of aromatic nitrogens is 2. The van der Waals surface area contributed by atoms with Gasteiger partial charge in [-0.2, -0.15) is 5.10 Å². The molecule has 1 aliphatic carbocycles. The number of carbonyl (C=O) groups is 3. The molecule has 1 aromatic heterocycles. The van der Waals surface area contributed by atoms with Crippen molar-refractivity contribution in [3.63, 3.8) is 0 Å². The Labute approximate surface area is 210 Å². The van der Waals surface area contributed by atoms with Crippen LogP contribution in [0.5, 0.6) is 0 Å². The van der Waals surface area contributed by atoms with Crippen LogP contribution in [0.25, 0.3) is 11.3 Å². The number of piperazine rings is 1. The van der Waals surface area contributed by atoms with Crippen LogP contribution in [0.4, 0.5) is 4.79 Å². The van der Waals surface area contributed by atoms with Crippen LogP contribution < -0.4 is 0 Å². The molecule has 6 rings (SSSR count). The molecule has 4 aliphatic rings. The van der Waals surface area contributed by atoms with Gasteiger partial charge < -0.3 is 19.4 Å². The maximum Gasteiger partial charge on any atom is 0.410 e. The summed E-state index contributed by atoms with van der Waals surface area (Å²) in [6, 6.07) is 11.6. The van der Waals surface area contributed by atoms with Crippen molar-refractivity contribution in [1.29, 1.82) is 0 Å². The number of H-pyrrole nitrogens is 1. The minimum atomic E-state index is -0.559. The van der Waals surface area contributed by atoms with Crippen molar-refractivity contribution < 1.29 is 19.1 Å². The highest BCUT2D eigenvalue weighted by molar-refractivity contribution is 5.94. The number of rotatable bonds is 3. The van der Waals surface area contributed by atoms with Gasteiger partial charge in [0.2, 0.25) is 5.91 Å². The third-order valence-electron chi connectivity index (χ3n) is 8.35. The Balaban J connectivity index is 1.11. The van der Waals surface area contributed by atoms with E-state index in [2.05, 4.69) is 10.2 Å². The first kappa shape index (κ1) is 23.1. The lowest BCUT2D eigenvalue weighted by molar-refractivity contribution is -0.152. The number of ether oxygens (including phenoxy) is 1. The molecule has 1 aromatic carbocycles. The third-order valence-corrected chi connectivity index (χ3v) is 8.35. The van der Waals surface area contributed by atoms with E-state index in [0.717, 1.165) is 30.5 Å². The Bertz CT molecular complexity index is 1200. The van der Waals surface area contributed by atoms with Crippen molar-refractivity contribution in [2.24, 2.45) is 11.3 Å². The number of nitrogens with one attached hydrogen (secondary N) is 1. The number of likely N-dealkylation sites (tertiary alicyclic amines) is 3. The van der Waals surface area contributed by atoms with Crippen LogP contribution >= 0.6 is 0 Å². The number of hydrogen-bond acceptors (Lipinski definition) is 5. The van der Waals surface area contributed by atoms with Gasteiger partial charge in [-0.3, -0.25) is 14.7 Å². The molecule has 0 spiro atoms. The van der Waals surface area contributed by atoms with Crippen LogP contribution in [0, 0.1) is 11.3 Å². The van der Waals surface area contributed by atoms with Gasteiger partial charge in [0, 0.05) is 31.7 Å². The molecule has 3 saturated heterocycles. The predicted octanol–water partition coefficient (Wildman–Crippen LogP) is 3.15. The summed E-state index contributed by atoms with van der Waals surface area (Å²) in [6.45, 7) is 7.67. The summed E-state index contributed by atoms with van der Waals surface area (Å²) in [6.07, 6.45) is 2.23. The minimum absolute atomic E-state index is 0.00761. The van der Waals surface area contributed by atoms with Crippen molar-refractivity contribution in [2.45, 2.75) is 57.7 Å². The van der Waals surface area contributed by atoms with Crippen LogP contribution in [0.1, 0.15) is 50.5 Å². The number of carbonyl (C=O) groups excluding carboxylic acids is 3. The van der Waals surface area contributed by atoms with Gasteiger partial charge in [-0.05, 0) is 52.0 Å². The molecule has 0 radical (unpaired) electrons. The van der Waals surface area contributed by atoms with E-state index in [4.69, 9.17) is 4.74 Å². The molecule has 36 heavy (non-hydrogen) atoms. The smallest absolute Gasteiger partial charge is 0.410 e. The maximum absolute atomic E-state index is 13.8. The lowest BCUT2D eigenvalue weighted by atomic mass is 9.61. The zero-order valence-electron chi connectivity index (χ0n) is 21.1. The van der Waals surface area contributed by atoms with E-state index in [0.29, 0.717) is 31.9 Å². The molecule has 9 nitrogen and oxygen atoms in total. The molecule has 2 unspecified atom stereocenters. The number of benzene rings is 1. The van der Waals surface area contributed by atoms with Crippen molar-refractivity contribution in [3.8, 4) is 11.3 Å². The summed E-state index contributed by atoms with van der Waals surface area (Å²) in [4.78, 5) is 45.3. The highest BCUT2D eigenvalue weighted by Crippen LogP contribution is 2.54. The van der Waals surface area contributed by atoms with E-state index in [9.17, 15) is 14.4 Å². The van der Waals surface area contributed by atoms with E-state index in [1.54, 1.807) is 11.0 Å². The van der Waals surface area contributed by atoms with E-state index in [1.807, 2.05) is 60.9 Å². The third kappa shape index (κ3) is 3.67. The van der Waals surface area contributed by atoms with Gasteiger partial charge in [-0.15, -0.1) is 0 Å². The van der Waals surface area contributed by atoms with Crippen LogP contribution in [0.2, 0.25) is 0 Å². The number of aromatic amines is 1. The zero-order valence-corrected chi connectivity index (χ0v) is 21.1. The van der Waals surface area contributed by atoms with E-state index >= 15 is 0 Å². The van der Waals surface area contributed by atoms with Gasteiger partial charge in [0.15, 0.2) is 0 Å². The van der Waals surface area contributed by atoms with Crippen LogP contribution in [0.15, 0.2) is 36.4 Å². The average Bonchev–Trinajstić information content (AvgIpc) is 3.61. The monoisotopic (exact) mass is 491 g/mol. The summed E-state index contributed by atoms with van der Waals surface area (Å²) in [7, 11) is 0. The molecule has 190 valence electrons. The Hall–Kier alpha value is -3.36. The summed E-state index contributed by atoms with van der Waals surface area (Å²) < 4.78 is 5.57. The van der Waals surface area contributed by atoms with Crippen LogP contribution in [0.3, 0.4) is 0 Å². The van der Waals surface area contributed by atoms with E-state index in [-0.39, 0.29) is 35.9 Å². The van der Waals surface area contributed by atoms with E-state index < -0.39 is 11.0 Å². The average molecular weight is 492 g/mol. The van der Waals surface area contributed by atoms with Crippen molar-refractivity contribution in [1.82, 2.24) is 24.9 Å². The fourth-order valence-electron chi connectivity index (χ4n) is 6.45. The number of nitrogens with zero attached hydrogens (tertiary/aromatic N) is 4. The largest absolute Gasteiger partial charge is 0.444 e. The van der Waals surface area contributed by atoms with Gasteiger partial charge >= 0.3 is 6.09 Å². The number of amides is 3. The topological polar surface area (TPSA) is 98.8 Å². The first-order valence-corrected chi connectivity index (χ1v) is 12.9. The second kappa shape index (κ2) is 8.08. The first-order valence-electron chi connectivity index (χ1n) is 12.9. The number of hydrogen-bond donors (Lipinski definition) is 1. The SMILES string of the molecule is CC(C)(C)OC(=O)N1CC2CCC2(C(=O)N2C[C@@H]3C[C@H]2CN3C(=O)c2cc(-c3ccccc3)n[nH]2)C1. The molecular weight excluding hydrogens is 458 g/mol. The fourth-order valence-corrected chi connectivity index (χ4v) is 6.45. The Morgan fingerprint density at radius 1 is 1.06 bits per heavy atom. The van der Waals surface area contributed by atoms with Gasteiger partial charge in [-0.25, -0.2) is 4.79 Å². The maximum atomic E-state index is 13.8. The fraction of sp³-hybridized carbons (Fsp3) is 0.556. The minimum Gasteiger partial charge on any atom is -0.444 e. The Morgan fingerprint density at radius 3 is 2.42 bits per heavy atom. The summed E-state index contributed by atoms with van der Waals surface area (Å²) >= 11 is 0. The molecule has 4 fully saturated rings. The van der Waals surface area contributed by atoms with Crippen molar-refractivity contribution >= 4 is 17.9 Å². The normalized spacial score (nSPS) is 28.8. The molecule has 3 aliphatic heterocycles. The summed E-state index contributed by atoms with van der Waals surface area (Å²) in [5, 5.41) is 7.23. The zero-order chi connectivity index (χ0) is 25.2. The van der Waals surface area contributed by atoms with Crippen LogP contribution in [-0.2, 0) is 9.53 Å². The molecule has 1 saturated carbocycles. The lowest BCUT2D eigenvalue weighted by Crippen LogP contribution is -2.58. The summed E-state index contributed by atoms with van der Waals surface area (Å²) in [5.74, 6) is 0.272. The molecule has 9 heteroatoms. The van der Waals surface area contributed by atoms with Gasteiger partial charge in [0.1, 0.15) is 11.3 Å². The molecule has 4 atom stereocenters. The van der Waals surface area contributed by atoms with Crippen molar-refractivity contribution in [2.75, 3.05) is 26.2 Å².